The Morgan fingerprint density at radius 3 is 2.57 bits per heavy atom. The lowest BCUT2D eigenvalue weighted by molar-refractivity contribution is 0.0946. The van der Waals surface area contributed by atoms with Crippen LogP contribution in [-0.4, -0.2) is 16.9 Å². The van der Waals surface area contributed by atoms with E-state index in [2.05, 4.69) is 15.6 Å². The van der Waals surface area contributed by atoms with E-state index in [1.807, 2.05) is 6.07 Å². The van der Waals surface area contributed by atoms with Crippen LogP contribution in [0.25, 0.3) is 0 Å². The van der Waals surface area contributed by atoms with Gasteiger partial charge in [-0.3, -0.25) is 9.78 Å². The zero-order valence-corrected chi connectivity index (χ0v) is 12.6. The van der Waals surface area contributed by atoms with Gasteiger partial charge in [-0.25, -0.2) is 0 Å². The quantitative estimate of drug-likeness (QED) is 0.894. The van der Waals surface area contributed by atoms with Crippen LogP contribution in [0.5, 0.6) is 0 Å². The Balaban J connectivity index is 1.75. The first kappa shape index (κ1) is 14.2. The Hall–Kier alpha value is -1.78. The Morgan fingerprint density at radius 2 is 1.86 bits per heavy atom. The molecule has 0 unspecified atom stereocenters. The average Bonchev–Trinajstić information content (AvgIpc) is 3.27. The summed E-state index contributed by atoms with van der Waals surface area (Å²) in [5.41, 5.74) is 1.96. The summed E-state index contributed by atoms with van der Waals surface area (Å²) < 4.78 is 0. The van der Waals surface area contributed by atoms with Crippen molar-refractivity contribution < 1.29 is 4.79 Å². The van der Waals surface area contributed by atoms with Crippen molar-refractivity contribution >= 4 is 40.5 Å². The largest absolute Gasteiger partial charge is 0.355 e. The summed E-state index contributed by atoms with van der Waals surface area (Å²) in [5.74, 6) is -0.143. The SMILES string of the molecule is O=C(NC1CC1)c1cc(Nc2ccc(Cl)c(Cl)c2)ccn1. The number of rotatable bonds is 4. The summed E-state index contributed by atoms with van der Waals surface area (Å²) in [6.07, 6.45) is 3.70. The second-order valence-electron chi connectivity index (χ2n) is 4.93. The summed E-state index contributed by atoms with van der Waals surface area (Å²) in [7, 11) is 0. The van der Waals surface area contributed by atoms with Gasteiger partial charge in [0.05, 0.1) is 10.0 Å². The third-order valence-electron chi connectivity index (χ3n) is 3.11. The predicted octanol–water partition coefficient (Wildman–Crippen LogP) is 4.02. The molecule has 1 heterocycles. The average molecular weight is 322 g/mol. The van der Waals surface area contributed by atoms with Crippen molar-refractivity contribution in [1.29, 1.82) is 0 Å². The molecule has 1 fully saturated rings. The molecule has 2 aromatic rings. The first-order chi connectivity index (χ1) is 10.1. The van der Waals surface area contributed by atoms with Gasteiger partial charge in [0, 0.05) is 23.6 Å². The molecule has 0 radical (unpaired) electrons. The fraction of sp³-hybridized carbons (Fsp3) is 0.200. The number of carbonyl (C=O) groups is 1. The maximum absolute atomic E-state index is 12.0. The van der Waals surface area contributed by atoms with Crippen LogP contribution < -0.4 is 10.6 Å². The lowest BCUT2D eigenvalue weighted by atomic mass is 10.2. The van der Waals surface area contributed by atoms with Gasteiger partial charge in [0.1, 0.15) is 5.69 Å². The minimum absolute atomic E-state index is 0.143. The fourth-order valence-corrected chi connectivity index (χ4v) is 2.16. The number of nitrogens with one attached hydrogen (secondary N) is 2. The van der Waals surface area contributed by atoms with Gasteiger partial charge in [0.25, 0.3) is 5.91 Å². The fourth-order valence-electron chi connectivity index (χ4n) is 1.86. The highest BCUT2D eigenvalue weighted by atomic mass is 35.5. The van der Waals surface area contributed by atoms with Crippen molar-refractivity contribution in [2.45, 2.75) is 18.9 Å². The monoisotopic (exact) mass is 321 g/mol. The van der Waals surface area contributed by atoms with Crippen LogP contribution in [0, 0.1) is 0 Å². The molecule has 0 atom stereocenters. The lowest BCUT2D eigenvalue weighted by Crippen LogP contribution is -2.26. The van der Waals surface area contributed by atoms with Crippen molar-refractivity contribution in [2.24, 2.45) is 0 Å². The molecule has 108 valence electrons. The number of benzene rings is 1. The Morgan fingerprint density at radius 1 is 1.10 bits per heavy atom. The first-order valence-corrected chi connectivity index (χ1v) is 7.36. The molecule has 1 saturated carbocycles. The van der Waals surface area contributed by atoms with E-state index in [-0.39, 0.29) is 5.91 Å². The van der Waals surface area contributed by atoms with Crippen LogP contribution in [0.2, 0.25) is 10.0 Å². The van der Waals surface area contributed by atoms with Gasteiger partial charge in [-0.05, 0) is 43.2 Å². The maximum Gasteiger partial charge on any atom is 0.270 e. The minimum atomic E-state index is -0.143. The third kappa shape index (κ3) is 3.65. The van der Waals surface area contributed by atoms with E-state index in [9.17, 15) is 4.79 Å². The van der Waals surface area contributed by atoms with E-state index >= 15 is 0 Å². The van der Waals surface area contributed by atoms with Gasteiger partial charge < -0.3 is 10.6 Å². The van der Waals surface area contributed by atoms with Gasteiger partial charge in [0.15, 0.2) is 0 Å². The Bertz CT molecular complexity index is 686. The third-order valence-corrected chi connectivity index (χ3v) is 3.85. The number of nitrogens with zero attached hydrogens (tertiary/aromatic N) is 1. The lowest BCUT2D eigenvalue weighted by Gasteiger charge is -2.09. The van der Waals surface area contributed by atoms with E-state index in [0.29, 0.717) is 21.8 Å². The van der Waals surface area contributed by atoms with Gasteiger partial charge in [-0.1, -0.05) is 23.2 Å². The standard InChI is InChI=1S/C15H13Cl2N3O/c16-12-4-3-10(7-13(12)17)19-11-5-6-18-14(8-11)15(21)20-9-1-2-9/h3-9H,1-2H2,(H,18,19)(H,20,21). The van der Waals surface area contributed by atoms with Gasteiger partial charge >= 0.3 is 0 Å². The number of pyridine rings is 1. The van der Waals surface area contributed by atoms with E-state index in [0.717, 1.165) is 24.2 Å². The molecule has 1 aliphatic rings. The van der Waals surface area contributed by atoms with Crippen LogP contribution in [0.15, 0.2) is 36.5 Å². The molecular formula is C15H13Cl2N3O. The van der Waals surface area contributed by atoms with Crippen LogP contribution >= 0.6 is 23.2 Å². The number of anilines is 2. The van der Waals surface area contributed by atoms with Crippen molar-refractivity contribution in [2.75, 3.05) is 5.32 Å². The van der Waals surface area contributed by atoms with Crippen LogP contribution in [-0.2, 0) is 0 Å². The zero-order chi connectivity index (χ0) is 14.8. The van der Waals surface area contributed by atoms with Gasteiger partial charge in [-0.15, -0.1) is 0 Å². The summed E-state index contributed by atoms with van der Waals surface area (Å²) in [6.45, 7) is 0. The molecule has 0 spiro atoms. The highest BCUT2D eigenvalue weighted by Crippen LogP contribution is 2.27. The molecule has 21 heavy (non-hydrogen) atoms. The summed E-state index contributed by atoms with van der Waals surface area (Å²) >= 11 is 11.9. The highest BCUT2D eigenvalue weighted by molar-refractivity contribution is 6.42. The minimum Gasteiger partial charge on any atom is -0.355 e. The van der Waals surface area contributed by atoms with Gasteiger partial charge in [0.2, 0.25) is 0 Å². The smallest absolute Gasteiger partial charge is 0.270 e. The van der Waals surface area contributed by atoms with Crippen LogP contribution in [0.1, 0.15) is 23.3 Å². The van der Waals surface area contributed by atoms with E-state index in [1.54, 1.807) is 30.5 Å². The summed E-state index contributed by atoms with van der Waals surface area (Å²) in [4.78, 5) is 16.1. The second-order valence-corrected chi connectivity index (χ2v) is 5.75. The molecule has 1 aromatic heterocycles. The highest BCUT2D eigenvalue weighted by Gasteiger charge is 2.24. The number of amides is 1. The van der Waals surface area contributed by atoms with Crippen LogP contribution in [0.3, 0.4) is 0 Å². The Kier molecular flexibility index (Phi) is 3.99. The molecule has 1 aliphatic carbocycles. The number of hydrogen-bond donors (Lipinski definition) is 2. The zero-order valence-electron chi connectivity index (χ0n) is 11.1. The van der Waals surface area contributed by atoms with E-state index < -0.39 is 0 Å². The second kappa shape index (κ2) is 5.92. The van der Waals surface area contributed by atoms with Crippen molar-refractivity contribution in [1.82, 2.24) is 10.3 Å². The summed E-state index contributed by atoms with van der Waals surface area (Å²) in [6, 6.07) is 9.07. The molecule has 6 heteroatoms. The van der Waals surface area contributed by atoms with Crippen LogP contribution in [0.4, 0.5) is 11.4 Å². The molecule has 3 rings (SSSR count). The predicted molar refractivity (Wildman–Crippen MR) is 84.5 cm³/mol. The molecule has 0 bridgehead atoms. The van der Waals surface area contributed by atoms with Gasteiger partial charge in [-0.2, -0.15) is 0 Å². The molecule has 1 amide bonds. The number of halogens is 2. The Labute approximate surface area is 132 Å². The normalized spacial score (nSPS) is 13.8. The molecule has 2 N–H and O–H groups in total. The number of aromatic nitrogens is 1. The molecule has 0 saturated heterocycles. The van der Waals surface area contributed by atoms with Crippen molar-refractivity contribution in [3.8, 4) is 0 Å². The number of hydrogen-bond acceptors (Lipinski definition) is 3. The topological polar surface area (TPSA) is 54.0 Å². The summed E-state index contributed by atoms with van der Waals surface area (Å²) in [5, 5.41) is 7.06. The molecule has 0 aliphatic heterocycles. The van der Waals surface area contributed by atoms with Crippen molar-refractivity contribution in [3.05, 3.63) is 52.3 Å². The van der Waals surface area contributed by atoms with E-state index in [4.69, 9.17) is 23.2 Å². The number of carbonyl (C=O) groups excluding carboxylic acids is 1. The molecular weight excluding hydrogens is 309 g/mol. The molecule has 4 nitrogen and oxygen atoms in total. The maximum atomic E-state index is 12.0. The molecule has 1 aromatic carbocycles. The first-order valence-electron chi connectivity index (χ1n) is 6.61. The van der Waals surface area contributed by atoms with E-state index in [1.165, 1.54) is 0 Å². The van der Waals surface area contributed by atoms with Crippen molar-refractivity contribution in [3.63, 3.8) is 0 Å².